The van der Waals surface area contributed by atoms with E-state index in [9.17, 15) is 14.4 Å². The molecule has 1 aromatic rings. The molecule has 1 atom stereocenters. The Morgan fingerprint density at radius 2 is 1.91 bits per heavy atom. The van der Waals surface area contributed by atoms with Gasteiger partial charge in [0.25, 0.3) is 0 Å². The topological polar surface area (TPSA) is 85.5 Å². The molecule has 1 rings (SSSR count). The van der Waals surface area contributed by atoms with E-state index >= 15 is 0 Å². The van der Waals surface area contributed by atoms with Gasteiger partial charge < -0.3 is 14.5 Å². The van der Waals surface area contributed by atoms with Crippen molar-refractivity contribution in [1.29, 1.82) is 0 Å². The van der Waals surface area contributed by atoms with Gasteiger partial charge in [-0.2, -0.15) is 0 Å². The molecule has 1 aromatic heterocycles. The Morgan fingerprint density at radius 1 is 1.26 bits per heavy atom. The summed E-state index contributed by atoms with van der Waals surface area (Å²) in [5.74, 6) is -0.322. The molecule has 6 nitrogen and oxygen atoms in total. The van der Waals surface area contributed by atoms with Crippen LogP contribution in [0.25, 0.3) is 0 Å². The minimum Gasteiger partial charge on any atom is -0.469 e. The first kappa shape index (κ1) is 19.3. The number of carbonyl (C=O) groups is 3. The molecule has 0 saturated heterocycles. The van der Waals surface area contributed by atoms with E-state index in [0.717, 1.165) is 0 Å². The van der Waals surface area contributed by atoms with Crippen LogP contribution in [0.1, 0.15) is 52.4 Å². The smallest absolute Gasteiger partial charge is 0.340 e. The molecule has 0 aliphatic rings. The van der Waals surface area contributed by atoms with E-state index in [1.807, 2.05) is 0 Å². The predicted octanol–water partition coefficient (Wildman–Crippen LogP) is 2.68. The van der Waals surface area contributed by atoms with Gasteiger partial charge in [-0.25, -0.2) is 4.79 Å². The average Bonchev–Trinajstić information content (AvgIpc) is 2.81. The first-order valence-corrected chi connectivity index (χ1v) is 8.47. The van der Waals surface area contributed by atoms with Crippen molar-refractivity contribution in [2.75, 3.05) is 19.5 Å². The van der Waals surface area contributed by atoms with Crippen molar-refractivity contribution >= 4 is 29.5 Å². The number of aryl methyl sites for hydroxylation is 1. The molecule has 0 aliphatic heterocycles. The number of Topliss-reactive ketones (excluding diaryl/α,β-unsaturated/α-hetero) is 1. The second kappa shape index (κ2) is 8.76. The third kappa shape index (κ3) is 4.86. The van der Waals surface area contributed by atoms with Crippen LogP contribution >= 0.6 is 11.8 Å². The summed E-state index contributed by atoms with van der Waals surface area (Å²) in [6, 6.07) is 0. The maximum Gasteiger partial charge on any atom is 0.340 e. The largest absolute Gasteiger partial charge is 0.469 e. The molecule has 1 N–H and O–H groups in total. The van der Waals surface area contributed by atoms with E-state index in [-0.39, 0.29) is 30.0 Å². The Labute approximate surface area is 140 Å². The number of hydrogen-bond donors (Lipinski definition) is 1. The number of thioether (sulfide) groups is 1. The van der Waals surface area contributed by atoms with E-state index < -0.39 is 5.97 Å². The van der Waals surface area contributed by atoms with Gasteiger partial charge in [-0.15, -0.1) is 11.8 Å². The molecule has 7 heteroatoms. The Balaban J connectivity index is 2.82. The fourth-order valence-electron chi connectivity index (χ4n) is 2.21. The lowest BCUT2D eigenvalue weighted by Gasteiger charge is -2.09. The second-order valence-corrected chi connectivity index (χ2v) is 6.50. The highest BCUT2D eigenvalue weighted by atomic mass is 32.2. The van der Waals surface area contributed by atoms with Crippen molar-refractivity contribution in [3.8, 4) is 0 Å². The predicted molar refractivity (Wildman–Crippen MR) is 89.1 cm³/mol. The molecule has 0 spiro atoms. The molecule has 1 unspecified atom stereocenters. The van der Waals surface area contributed by atoms with Gasteiger partial charge in [0.05, 0.1) is 36.6 Å². The summed E-state index contributed by atoms with van der Waals surface area (Å²) in [4.78, 5) is 38.6. The first-order valence-electron chi connectivity index (χ1n) is 7.42. The summed E-state index contributed by atoms with van der Waals surface area (Å²) in [6.07, 6.45) is 0.260. The Bertz CT molecular complexity index is 594. The van der Waals surface area contributed by atoms with Crippen LogP contribution < -0.4 is 0 Å². The van der Waals surface area contributed by atoms with Crippen molar-refractivity contribution < 1.29 is 23.9 Å². The van der Waals surface area contributed by atoms with Crippen LogP contribution in [-0.2, 0) is 14.3 Å². The molecule has 0 amide bonds. The highest BCUT2D eigenvalue weighted by Crippen LogP contribution is 2.24. The average molecular weight is 341 g/mol. The van der Waals surface area contributed by atoms with Gasteiger partial charge >= 0.3 is 11.9 Å². The molecular formula is C16H23NO5S. The number of methoxy groups -OCH3 is 1. The number of carbonyl (C=O) groups excluding carboxylic acids is 3. The number of hydrogen-bond acceptors (Lipinski definition) is 6. The Morgan fingerprint density at radius 3 is 2.48 bits per heavy atom. The number of ether oxygens (including phenoxy) is 2. The van der Waals surface area contributed by atoms with E-state index in [4.69, 9.17) is 4.74 Å². The maximum absolute atomic E-state index is 12.5. The monoisotopic (exact) mass is 341 g/mol. The summed E-state index contributed by atoms with van der Waals surface area (Å²) < 4.78 is 9.59. The molecule has 23 heavy (non-hydrogen) atoms. The zero-order chi connectivity index (χ0) is 17.6. The molecule has 0 aromatic carbocycles. The maximum atomic E-state index is 12.5. The number of nitrogens with one attached hydrogen (secondary N) is 1. The summed E-state index contributed by atoms with van der Waals surface area (Å²) in [7, 11) is 1.34. The number of aromatic amines is 1. The molecule has 128 valence electrons. The van der Waals surface area contributed by atoms with Crippen LogP contribution in [0.3, 0.4) is 0 Å². The molecule has 1 heterocycles. The van der Waals surface area contributed by atoms with Crippen molar-refractivity contribution in [3.63, 3.8) is 0 Å². The lowest BCUT2D eigenvalue weighted by atomic mass is 10.1. The van der Waals surface area contributed by atoms with Crippen molar-refractivity contribution in [2.24, 2.45) is 0 Å². The lowest BCUT2D eigenvalue weighted by Crippen LogP contribution is -2.17. The van der Waals surface area contributed by atoms with Crippen molar-refractivity contribution in [3.05, 3.63) is 22.5 Å². The van der Waals surface area contributed by atoms with Crippen molar-refractivity contribution in [2.45, 2.75) is 39.4 Å². The summed E-state index contributed by atoms with van der Waals surface area (Å²) >= 11 is 1.38. The quantitative estimate of drug-likeness (QED) is 0.578. The molecule has 0 radical (unpaired) electrons. The van der Waals surface area contributed by atoms with Crippen molar-refractivity contribution in [1.82, 2.24) is 4.98 Å². The molecule has 0 bridgehead atoms. The van der Waals surface area contributed by atoms with Crippen LogP contribution in [-0.4, -0.2) is 47.4 Å². The van der Waals surface area contributed by atoms with Crippen LogP contribution in [0.2, 0.25) is 0 Å². The number of rotatable bonds is 8. The van der Waals surface area contributed by atoms with Gasteiger partial charge in [0.2, 0.25) is 0 Å². The Hall–Kier alpha value is -1.76. The van der Waals surface area contributed by atoms with Crippen LogP contribution in [0, 0.1) is 13.8 Å². The van der Waals surface area contributed by atoms with Gasteiger partial charge in [0.15, 0.2) is 5.78 Å². The highest BCUT2D eigenvalue weighted by molar-refractivity contribution is 8.00. The number of esters is 2. The fourth-order valence-corrected chi connectivity index (χ4v) is 3.11. The zero-order valence-corrected chi connectivity index (χ0v) is 15.0. The van der Waals surface area contributed by atoms with Crippen LogP contribution in [0.15, 0.2) is 0 Å². The van der Waals surface area contributed by atoms with Gasteiger partial charge in [-0.3, -0.25) is 9.59 Å². The van der Waals surface area contributed by atoms with Crippen LogP contribution in [0.4, 0.5) is 0 Å². The normalized spacial score (nSPS) is 11.9. The van der Waals surface area contributed by atoms with E-state index in [2.05, 4.69) is 9.72 Å². The lowest BCUT2D eigenvalue weighted by molar-refractivity contribution is -0.140. The molecule has 0 aliphatic carbocycles. The van der Waals surface area contributed by atoms with Gasteiger partial charge in [0.1, 0.15) is 0 Å². The zero-order valence-electron chi connectivity index (χ0n) is 14.1. The summed E-state index contributed by atoms with van der Waals surface area (Å²) in [5, 5.41) is -0.327. The standard InChI is InChI=1S/C16H23NO5S/c1-6-22-16(20)13-9(2)14(17-10(13)3)15(19)11(4)23-8-7-12(18)21-5/h11,17H,6-8H2,1-5H3. The fraction of sp³-hybridized carbons (Fsp3) is 0.562. The number of ketones is 1. The third-order valence-electron chi connectivity index (χ3n) is 3.43. The van der Waals surface area contributed by atoms with Gasteiger partial charge in [-0.05, 0) is 33.3 Å². The second-order valence-electron chi connectivity index (χ2n) is 5.05. The van der Waals surface area contributed by atoms with E-state index in [1.54, 1.807) is 27.7 Å². The highest BCUT2D eigenvalue weighted by Gasteiger charge is 2.25. The van der Waals surface area contributed by atoms with E-state index in [0.29, 0.717) is 28.3 Å². The SMILES string of the molecule is CCOC(=O)c1c(C)[nH]c(C(=O)C(C)SCCC(=O)OC)c1C. The van der Waals surface area contributed by atoms with Gasteiger partial charge in [0, 0.05) is 11.4 Å². The number of H-pyrrole nitrogens is 1. The summed E-state index contributed by atoms with van der Waals surface area (Å²) in [5.41, 5.74) is 2.06. The first-order chi connectivity index (χ1) is 10.8. The van der Waals surface area contributed by atoms with Crippen LogP contribution in [0.5, 0.6) is 0 Å². The molecule has 0 fully saturated rings. The third-order valence-corrected chi connectivity index (χ3v) is 4.59. The molecule has 0 saturated carbocycles. The Kier molecular flexibility index (Phi) is 7.35. The molecular weight excluding hydrogens is 318 g/mol. The number of aromatic nitrogens is 1. The summed E-state index contributed by atoms with van der Waals surface area (Å²) in [6.45, 7) is 7.27. The minimum atomic E-state index is -0.427. The van der Waals surface area contributed by atoms with Gasteiger partial charge in [-0.1, -0.05) is 0 Å². The van der Waals surface area contributed by atoms with E-state index in [1.165, 1.54) is 18.9 Å². The minimum absolute atomic E-state index is 0.101.